The third-order valence-electron chi connectivity index (χ3n) is 3.86. The molecule has 1 aliphatic heterocycles. The van der Waals surface area contributed by atoms with Crippen LogP contribution in [0.15, 0.2) is 29.4 Å². The minimum absolute atomic E-state index is 0.0788. The molecule has 1 aliphatic rings. The van der Waals surface area contributed by atoms with Crippen molar-refractivity contribution in [2.75, 3.05) is 11.6 Å². The number of primary amides is 1. The number of nitrogens with two attached hydrogens (primary N) is 1. The Morgan fingerprint density at radius 2 is 2.00 bits per heavy atom. The first-order valence-electron chi connectivity index (χ1n) is 6.95. The van der Waals surface area contributed by atoms with Crippen LogP contribution in [0.3, 0.4) is 0 Å². The molecule has 1 atom stereocenters. The predicted molar refractivity (Wildman–Crippen MR) is 82.9 cm³/mol. The van der Waals surface area contributed by atoms with Crippen LogP contribution in [0.2, 0.25) is 0 Å². The Morgan fingerprint density at radius 3 is 2.43 bits per heavy atom. The van der Waals surface area contributed by atoms with Crippen molar-refractivity contribution in [2.24, 2.45) is 10.8 Å². The number of hydrazone groups is 1. The first-order chi connectivity index (χ1) is 10.7. The molecule has 9 heteroatoms. The molecule has 3 N–H and O–H groups in total. The van der Waals surface area contributed by atoms with Gasteiger partial charge in [-0.25, -0.2) is 0 Å². The van der Waals surface area contributed by atoms with Gasteiger partial charge in [0.05, 0.1) is 17.2 Å². The lowest BCUT2D eigenvalue weighted by Crippen LogP contribution is -2.65. The van der Waals surface area contributed by atoms with Crippen LogP contribution in [0.5, 0.6) is 0 Å². The van der Waals surface area contributed by atoms with Crippen molar-refractivity contribution in [1.29, 1.82) is 0 Å². The second-order valence-corrected chi connectivity index (χ2v) is 5.56. The van der Waals surface area contributed by atoms with Crippen LogP contribution in [0.4, 0.5) is 11.4 Å². The van der Waals surface area contributed by atoms with Gasteiger partial charge in [-0.15, -0.1) is 5.10 Å². The fraction of sp³-hybridized carbons (Fsp3) is 0.429. The molecular weight excluding hydrogens is 304 g/mol. The molecule has 1 heterocycles. The molecule has 1 unspecified atom stereocenters. The molecule has 0 saturated carbocycles. The normalized spacial score (nSPS) is 22.6. The van der Waals surface area contributed by atoms with Crippen LogP contribution in [-0.4, -0.2) is 39.6 Å². The highest BCUT2D eigenvalue weighted by Crippen LogP contribution is 2.40. The Labute approximate surface area is 132 Å². The van der Waals surface area contributed by atoms with Crippen LogP contribution < -0.4 is 10.7 Å². The van der Waals surface area contributed by atoms with Crippen LogP contribution in [0.25, 0.3) is 0 Å². The molecule has 0 radical (unpaired) electrons. The number of aliphatic hydroxyl groups is 1. The lowest BCUT2D eigenvalue weighted by molar-refractivity contribution is -0.384. The summed E-state index contributed by atoms with van der Waals surface area (Å²) in [6.07, 6.45) is 0. The van der Waals surface area contributed by atoms with Crippen molar-refractivity contribution in [2.45, 2.75) is 31.9 Å². The number of nitrogens with zero attached hydrogens (tertiary/aromatic N) is 3. The molecule has 9 nitrogen and oxygen atoms in total. The molecule has 124 valence electrons. The van der Waals surface area contributed by atoms with E-state index in [0.717, 1.165) is 0 Å². The van der Waals surface area contributed by atoms with Gasteiger partial charge in [-0.3, -0.25) is 19.9 Å². The van der Waals surface area contributed by atoms with Gasteiger partial charge < -0.3 is 15.6 Å². The van der Waals surface area contributed by atoms with Crippen molar-refractivity contribution in [3.63, 3.8) is 0 Å². The minimum atomic E-state index is -2.12. The molecule has 0 bridgehead atoms. The van der Waals surface area contributed by atoms with Gasteiger partial charge in [0.15, 0.2) is 0 Å². The molecule has 0 aliphatic carbocycles. The number of hydrogen-bond acceptors (Lipinski definition) is 7. The fourth-order valence-corrected chi connectivity index (χ4v) is 2.48. The van der Waals surface area contributed by atoms with Crippen LogP contribution in [0, 0.1) is 10.1 Å². The number of hydrogen-bond donors (Lipinski definition) is 2. The van der Waals surface area contributed by atoms with E-state index in [2.05, 4.69) is 5.10 Å². The van der Waals surface area contributed by atoms with Crippen LogP contribution >= 0.6 is 0 Å². The highest BCUT2D eigenvalue weighted by Gasteiger charge is 2.62. The molecule has 23 heavy (non-hydrogen) atoms. The number of benzene rings is 1. The van der Waals surface area contributed by atoms with E-state index >= 15 is 0 Å². The molecule has 0 saturated heterocycles. The monoisotopic (exact) mass is 322 g/mol. The lowest BCUT2D eigenvalue weighted by Gasteiger charge is -2.38. The first-order valence-corrected chi connectivity index (χ1v) is 6.95. The summed E-state index contributed by atoms with van der Waals surface area (Å²) >= 11 is 0. The number of rotatable bonds is 4. The zero-order valence-electron chi connectivity index (χ0n) is 13.0. The van der Waals surface area contributed by atoms with E-state index in [1.807, 2.05) is 0 Å². The number of carbonyl (C=O) groups excluding carboxylic acids is 1. The maximum absolute atomic E-state index is 11.8. The largest absolute Gasteiger partial charge is 0.477 e. The van der Waals surface area contributed by atoms with E-state index in [4.69, 9.17) is 10.5 Å². The van der Waals surface area contributed by atoms with Crippen molar-refractivity contribution >= 4 is 23.2 Å². The van der Waals surface area contributed by atoms with Gasteiger partial charge in [0, 0.05) is 12.1 Å². The first kappa shape index (κ1) is 16.7. The Hall–Kier alpha value is -2.68. The smallest absolute Gasteiger partial charge is 0.269 e. The van der Waals surface area contributed by atoms with E-state index in [1.165, 1.54) is 29.3 Å². The van der Waals surface area contributed by atoms with Gasteiger partial charge in [-0.2, -0.15) is 0 Å². The fourth-order valence-electron chi connectivity index (χ4n) is 2.48. The zero-order chi connectivity index (χ0) is 17.4. The molecule has 1 aromatic rings. The second kappa shape index (κ2) is 5.51. The SMILES string of the molecule is CCOC1=NN(c2ccc([N+](=O)[O-])cc2)C(C)(C)C1(O)C(N)=O. The molecule has 0 fully saturated rings. The number of anilines is 1. The highest BCUT2D eigenvalue weighted by molar-refractivity contribution is 6.11. The van der Waals surface area contributed by atoms with Gasteiger partial charge in [-0.1, -0.05) is 0 Å². The molecule has 0 spiro atoms. The number of ether oxygens (including phenoxy) is 1. The number of non-ortho nitro benzene ring substituents is 1. The number of nitro benzene ring substituents is 1. The summed E-state index contributed by atoms with van der Waals surface area (Å²) in [5.74, 6) is -1.19. The summed E-state index contributed by atoms with van der Waals surface area (Å²) in [7, 11) is 0. The number of nitro groups is 1. The van der Waals surface area contributed by atoms with Gasteiger partial charge in [0.1, 0.15) is 5.54 Å². The van der Waals surface area contributed by atoms with E-state index < -0.39 is 22.0 Å². The van der Waals surface area contributed by atoms with E-state index in [-0.39, 0.29) is 18.2 Å². The summed E-state index contributed by atoms with van der Waals surface area (Å²) in [6.45, 7) is 5.04. The summed E-state index contributed by atoms with van der Waals surface area (Å²) in [5.41, 5.74) is 2.38. The van der Waals surface area contributed by atoms with E-state index in [1.54, 1.807) is 20.8 Å². The van der Waals surface area contributed by atoms with Gasteiger partial charge >= 0.3 is 0 Å². The summed E-state index contributed by atoms with van der Waals surface area (Å²) in [5, 5.41) is 27.0. The molecule has 1 aromatic carbocycles. The molecule has 2 rings (SSSR count). The maximum Gasteiger partial charge on any atom is 0.269 e. The average Bonchev–Trinajstić information content (AvgIpc) is 2.69. The van der Waals surface area contributed by atoms with E-state index in [9.17, 15) is 20.0 Å². The van der Waals surface area contributed by atoms with Crippen molar-refractivity contribution in [3.8, 4) is 0 Å². The van der Waals surface area contributed by atoms with Gasteiger partial charge in [-0.05, 0) is 32.9 Å². The summed E-state index contributed by atoms with van der Waals surface area (Å²) in [4.78, 5) is 22.1. The number of carbonyl (C=O) groups is 1. The molecule has 1 amide bonds. The van der Waals surface area contributed by atoms with Crippen molar-refractivity contribution in [1.82, 2.24) is 0 Å². The Balaban J connectivity index is 2.50. The summed E-state index contributed by atoms with van der Waals surface area (Å²) in [6, 6.07) is 5.56. The van der Waals surface area contributed by atoms with Crippen LogP contribution in [-0.2, 0) is 9.53 Å². The highest BCUT2D eigenvalue weighted by atomic mass is 16.6. The second-order valence-electron chi connectivity index (χ2n) is 5.56. The third kappa shape index (κ3) is 2.38. The maximum atomic E-state index is 11.8. The Bertz CT molecular complexity index is 670. The van der Waals surface area contributed by atoms with Gasteiger partial charge in [0.25, 0.3) is 17.5 Å². The Morgan fingerprint density at radius 1 is 1.43 bits per heavy atom. The van der Waals surface area contributed by atoms with Gasteiger partial charge in [0.2, 0.25) is 5.60 Å². The minimum Gasteiger partial charge on any atom is -0.477 e. The molecular formula is C14H18N4O5. The summed E-state index contributed by atoms with van der Waals surface area (Å²) < 4.78 is 5.28. The Kier molecular flexibility index (Phi) is 3.99. The zero-order valence-corrected chi connectivity index (χ0v) is 13.0. The van der Waals surface area contributed by atoms with Crippen LogP contribution in [0.1, 0.15) is 20.8 Å². The molecule has 0 aromatic heterocycles. The number of amides is 1. The predicted octanol–water partition coefficient (Wildman–Crippen LogP) is 0.760. The van der Waals surface area contributed by atoms with Crippen molar-refractivity contribution < 1.29 is 19.6 Å². The van der Waals surface area contributed by atoms with Crippen molar-refractivity contribution in [3.05, 3.63) is 34.4 Å². The van der Waals surface area contributed by atoms with E-state index in [0.29, 0.717) is 5.69 Å². The lowest BCUT2D eigenvalue weighted by atomic mass is 9.82. The average molecular weight is 322 g/mol. The third-order valence-corrected chi connectivity index (χ3v) is 3.86. The standard InChI is InChI=1S/C14H18N4O5/c1-4-23-12-14(20,11(15)19)13(2,3)17(16-12)9-5-7-10(8-6-9)18(21)22/h5-8,20H,4H2,1-3H3,(H2,15,19). The quantitative estimate of drug-likeness (QED) is 0.621. The topological polar surface area (TPSA) is 131 Å².